The van der Waals surface area contributed by atoms with Crippen LogP contribution in [0.5, 0.6) is 0 Å². The van der Waals surface area contributed by atoms with Crippen molar-refractivity contribution >= 4 is 0 Å². The first-order valence-electron chi connectivity index (χ1n) is 14.9. The molecule has 5 aliphatic carbocycles. The summed E-state index contributed by atoms with van der Waals surface area (Å²) >= 11 is 0. The van der Waals surface area contributed by atoms with Crippen LogP contribution in [0.3, 0.4) is 0 Å². The molecule has 210 valence electrons. The van der Waals surface area contributed by atoms with Gasteiger partial charge in [0.05, 0.1) is 0 Å². The predicted octanol–water partition coefficient (Wildman–Crippen LogP) is 9.11. The average Bonchev–Trinajstić information content (AvgIpc) is 3.62. The summed E-state index contributed by atoms with van der Waals surface area (Å²) in [5.74, 6) is 1.72. The van der Waals surface area contributed by atoms with Gasteiger partial charge in [-0.3, -0.25) is 7.05 Å². The Morgan fingerprint density at radius 2 is 0.806 bits per heavy atom. The average molecular weight is 621 g/mol. The minimum Gasteiger partial charge on any atom is -0.464 e. The molecule has 2 unspecified atom stereocenters. The third-order valence-corrected chi connectivity index (χ3v) is 7.45. The van der Waals surface area contributed by atoms with Gasteiger partial charge in [0.1, 0.15) is 0 Å². The predicted molar refractivity (Wildman–Crippen MR) is 149 cm³/mol. The first kappa shape index (κ1) is 42.1. The third-order valence-electron chi connectivity index (χ3n) is 7.45. The zero-order chi connectivity index (χ0) is 24.0. The molecule has 0 aromatic carbocycles. The Morgan fingerprint density at radius 1 is 0.528 bits per heavy atom. The standard InChI is InChI=1S/C8H16N.C8H15N.3C5H10.2Fe.Ti/c2*1-9(2)7-8-5-3-4-6-8;3*1-2-4-5-3-1;;;/h5,8H,3-4,6-7H2,1-2H3;5,8H,1,3-4,6-7H2,2H3;3*1-5H2;;;/q-1;-2;;;;2*+2;+4. The van der Waals surface area contributed by atoms with Crippen LogP contribution in [-0.4, -0.2) is 44.0 Å². The fraction of sp³-hybridized carbons (Fsp3) is 0.903. The molecule has 2 atom stereocenters. The van der Waals surface area contributed by atoms with Crippen molar-refractivity contribution in [2.75, 3.05) is 34.2 Å². The van der Waals surface area contributed by atoms with Gasteiger partial charge in [-0.2, -0.15) is 24.7 Å². The second-order valence-corrected chi connectivity index (χ2v) is 11.5. The first-order valence-corrected chi connectivity index (χ1v) is 14.9. The summed E-state index contributed by atoms with van der Waals surface area (Å²) in [5.41, 5.74) is 0. The Kier molecular flexibility index (Phi) is 36.5. The van der Waals surface area contributed by atoms with Crippen LogP contribution < -0.4 is 0 Å². The number of hydrogen-bond acceptors (Lipinski definition) is 2. The maximum absolute atomic E-state index is 3.82. The molecule has 0 amide bonds. The molecule has 0 saturated heterocycles. The van der Waals surface area contributed by atoms with E-state index >= 15 is 0 Å². The first-order chi connectivity index (χ1) is 16.1. The van der Waals surface area contributed by atoms with Crippen LogP contribution in [0.2, 0.25) is 0 Å². The Morgan fingerprint density at radius 3 is 1.00 bits per heavy atom. The van der Waals surface area contributed by atoms with Crippen molar-refractivity contribution in [1.82, 2.24) is 9.80 Å². The Labute approximate surface area is 264 Å². The van der Waals surface area contributed by atoms with E-state index in [1.54, 1.807) is 0 Å². The van der Waals surface area contributed by atoms with Crippen molar-refractivity contribution in [2.24, 2.45) is 11.8 Å². The molecule has 2 nitrogen and oxygen atoms in total. The van der Waals surface area contributed by atoms with Gasteiger partial charge in [-0.25, -0.2) is 0 Å². The minimum atomic E-state index is 0. The topological polar surface area (TPSA) is 6.48 Å². The van der Waals surface area contributed by atoms with Crippen molar-refractivity contribution in [3.8, 4) is 0 Å². The molecule has 0 aliphatic heterocycles. The Balaban J connectivity index is -0.000000380. The van der Waals surface area contributed by atoms with Crippen molar-refractivity contribution in [2.45, 2.75) is 135 Å². The molecule has 5 fully saturated rings. The summed E-state index contributed by atoms with van der Waals surface area (Å²) in [7, 11) is 10.1. The van der Waals surface area contributed by atoms with E-state index in [4.69, 9.17) is 0 Å². The fourth-order valence-corrected chi connectivity index (χ4v) is 5.56. The van der Waals surface area contributed by atoms with E-state index in [0.717, 1.165) is 18.4 Å². The molecule has 0 aromatic rings. The SMILES string of the molecule is C1CCCC1.C1CCCC1.C1CCCC1.CN(C)CC1[CH-]CCC1.[CH2-]N(C)CC1[CH-]CCC1.[Fe+2].[Fe+2].[Ti+4]. The van der Waals surface area contributed by atoms with Gasteiger partial charge >= 0.3 is 55.9 Å². The molecule has 5 heteroatoms. The summed E-state index contributed by atoms with van der Waals surface area (Å²) in [4.78, 5) is 4.29. The van der Waals surface area contributed by atoms with E-state index in [1.165, 1.54) is 141 Å². The van der Waals surface area contributed by atoms with Crippen LogP contribution in [0.25, 0.3) is 0 Å². The molecular formula is C31H61Fe2N2Ti+5. The molecule has 5 saturated carbocycles. The number of hydrogen-bond donors (Lipinski definition) is 0. The molecule has 0 radical (unpaired) electrons. The molecule has 0 spiro atoms. The van der Waals surface area contributed by atoms with E-state index in [9.17, 15) is 0 Å². The summed E-state index contributed by atoms with van der Waals surface area (Å²) in [5, 5.41) is 0. The fourth-order valence-electron chi connectivity index (χ4n) is 5.56. The van der Waals surface area contributed by atoms with Crippen LogP contribution in [0, 0.1) is 31.7 Å². The van der Waals surface area contributed by atoms with Crippen LogP contribution in [0.4, 0.5) is 0 Å². The van der Waals surface area contributed by atoms with Crippen molar-refractivity contribution in [3.63, 3.8) is 0 Å². The molecule has 0 aromatic heterocycles. The van der Waals surface area contributed by atoms with Crippen LogP contribution >= 0.6 is 0 Å². The summed E-state index contributed by atoms with van der Waals surface area (Å²) in [6, 6.07) is 0. The molecular weight excluding hydrogens is 560 g/mol. The maximum Gasteiger partial charge on any atom is 4.00 e. The van der Waals surface area contributed by atoms with Gasteiger partial charge in [-0.05, 0) is 27.7 Å². The number of nitrogens with zero attached hydrogens (tertiary/aromatic N) is 2. The van der Waals surface area contributed by atoms with Gasteiger partial charge in [0.15, 0.2) is 0 Å². The molecule has 0 heterocycles. The summed E-state index contributed by atoms with van der Waals surface area (Å²) < 4.78 is 0. The van der Waals surface area contributed by atoms with Crippen LogP contribution in [0.15, 0.2) is 0 Å². The van der Waals surface area contributed by atoms with E-state index in [0.29, 0.717) is 0 Å². The molecule has 0 bridgehead atoms. The summed E-state index contributed by atoms with van der Waals surface area (Å²) in [6.45, 7) is 2.39. The normalized spacial score (nSPS) is 23.8. The van der Waals surface area contributed by atoms with E-state index in [-0.39, 0.29) is 55.9 Å². The van der Waals surface area contributed by atoms with Gasteiger partial charge in [-0.15, -0.1) is 0 Å². The van der Waals surface area contributed by atoms with E-state index in [2.05, 4.69) is 38.9 Å². The Hall–Kier alpha value is 1.67. The van der Waals surface area contributed by atoms with E-state index < -0.39 is 0 Å². The van der Waals surface area contributed by atoms with Gasteiger partial charge in [0.2, 0.25) is 0 Å². The molecule has 5 aliphatic rings. The minimum absolute atomic E-state index is 0. The largest absolute Gasteiger partial charge is 4.00 e. The second kappa shape index (κ2) is 31.2. The molecule has 36 heavy (non-hydrogen) atoms. The van der Waals surface area contributed by atoms with E-state index in [1.807, 2.05) is 11.9 Å². The van der Waals surface area contributed by atoms with Gasteiger partial charge < -0.3 is 22.6 Å². The molecule has 5 rings (SSSR count). The zero-order valence-corrected chi connectivity index (χ0v) is 28.2. The van der Waals surface area contributed by atoms with Gasteiger partial charge in [0.25, 0.3) is 0 Å². The summed E-state index contributed by atoms with van der Waals surface area (Å²) in [6.07, 6.45) is 35.6. The van der Waals surface area contributed by atoms with Gasteiger partial charge in [0, 0.05) is 0 Å². The van der Waals surface area contributed by atoms with Crippen LogP contribution in [-0.2, 0) is 55.9 Å². The van der Waals surface area contributed by atoms with Crippen molar-refractivity contribution < 1.29 is 55.9 Å². The quantitative estimate of drug-likeness (QED) is 0.228. The smallest absolute Gasteiger partial charge is 0.464 e. The van der Waals surface area contributed by atoms with Crippen molar-refractivity contribution in [1.29, 1.82) is 0 Å². The van der Waals surface area contributed by atoms with Crippen molar-refractivity contribution in [3.05, 3.63) is 19.9 Å². The maximum atomic E-state index is 3.82. The van der Waals surface area contributed by atoms with Crippen LogP contribution in [0.1, 0.15) is 135 Å². The third kappa shape index (κ3) is 28.7. The zero-order valence-electron chi connectivity index (χ0n) is 24.4. The monoisotopic (exact) mass is 621 g/mol. The van der Waals surface area contributed by atoms with Gasteiger partial charge in [-0.1, -0.05) is 129 Å². The second-order valence-electron chi connectivity index (χ2n) is 11.5. The molecule has 0 N–H and O–H groups in total. The Bertz CT molecular complexity index is 317. The number of rotatable bonds is 4.